The van der Waals surface area contributed by atoms with Crippen molar-refractivity contribution in [1.82, 2.24) is 10.2 Å². The molecule has 1 heterocycles. The smallest absolute Gasteiger partial charge is 0.276 e. The van der Waals surface area contributed by atoms with Crippen molar-refractivity contribution < 1.29 is 4.79 Å². The molecule has 0 radical (unpaired) electrons. The number of hydrogen-bond acceptors (Lipinski definition) is 4. The Morgan fingerprint density at radius 2 is 1.81 bits per heavy atom. The molecule has 1 N–H and O–H groups in total. The number of nitrogens with one attached hydrogen (secondary N) is 1. The number of para-hydroxylation sites is 1. The Hall–Kier alpha value is -2.43. The predicted molar refractivity (Wildman–Crippen MR) is 84.7 cm³/mol. The van der Waals surface area contributed by atoms with Crippen LogP contribution in [0, 0.1) is 6.92 Å². The van der Waals surface area contributed by atoms with Crippen molar-refractivity contribution in [1.29, 1.82) is 0 Å². The van der Waals surface area contributed by atoms with Crippen LogP contribution in [0.1, 0.15) is 29.9 Å². The van der Waals surface area contributed by atoms with E-state index in [4.69, 9.17) is 0 Å². The number of rotatable bonds is 5. The van der Waals surface area contributed by atoms with E-state index in [1.165, 1.54) is 0 Å². The van der Waals surface area contributed by atoms with Gasteiger partial charge < -0.3 is 10.2 Å². The molecule has 5 nitrogen and oxygen atoms in total. The summed E-state index contributed by atoms with van der Waals surface area (Å²) in [5.41, 5.74) is 2.12. The Labute approximate surface area is 125 Å². The number of carbonyl (C=O) groups excluding carboxylic acids is 1. The molecule has 0 unspecified atom stereocenters. The van der Waals surface area contributed by atoms with E-state index in [0.29, 0.717) is 5.69 Å². The van der Waals surface area contributed by atoms with Gasteiger partial charge in [0.15, 0.2) is 11.5 Å². The molecule has 1 amide bonds. The van der Waals surface area contributed by atoms with Crippen molar-refractivity contribution in [3.8, 4) is 0 Å². The highest BCUT2D eigenvalue weighted by Gasteiger charge is 2.11. The Balaban J connectivity index is 2.12. The van der Waals surface area contributed by atoms with Crippen LogP contribution in [0.15, 0.2) is 36.4 Å². The van der Waals surface area contributed by atoms with Crippen LogP contribution in [0.2, 0.25) is 0 Å². The predicted octanol–water partition coefficient (Wildman–Crippen LogP) is 2.88. The molecule has 0 bridgehead atoms. The summed E-state index contributed by atoms with van der Waals surface area (Å²) in [6.07, 6.45) is 0. The second-order valence-electron chi connectivity index (χ2n) is 4.72. The number of nitrogens with zero attached hydrogens (tertiary/aromatic N) is 3. The summed E-state index contributed by atoms with van der Waals surface area (Å²) < 4.78 is 0. The van der Waals surface area contributed by atoms with E-state index >= 15 is 0 Å². The van der Waals surface area contributed by atoms with Gasteiger partial charge >= 0.3 is 0 Å². The molecule has 0 saturated heterocycles. The summed E-state index contributed by atoms with van der Waals surface area (Å²) in [4.78, 5) is 14.2. The van der Waals surface area contributed by atoms with Crippen LogP contribution in [-0.2, 0) is 0 Å². The Morgan fingerprint density at radius 1 is 1.10 bits per heavy atom. The fourth-order valence-corrected chi connectivity index (χ4v) is 2.06. The van der Waals surface area contributed by atoms with E-state index in [0.717, 1.165) is 30.2 Å². The van der Waals surface area contributed by atoms with Gasteiger partial charge in [0.25, 0.3) is 5.91 Å². The summed E-state index contributed by atoms with van der Waals surface area (Å²) in [6, 6.07) is 11.2. The maximum Gasteiger partial charge on any atom is 0.276 e. The van der Waals surface area contributed by atoms with Crippen LogP contribution in [0.5, 0.6) is 0 Å². The second-order valence-corrected chi connectivity index (χ2v) is 4.72. The molecular weight excluding hydrogens is 264 g/mol. The molecule has 5 heteroatoms. The number of carbonyl (C=O) groups is 1. The lowest BCUT2D eigenvalue weighted by Crippen LogP contribution is -2.24. The van der Waals surface area contributed by atoms with Crippen molar-refractivity contribution in [2.45, 2.75) is 20.8 Å². The maximum absolute atomic E-state index is 12.2. The Morgan fingerprint density at radius 3 is 2.38 bits per heavy atom. The summed E-state index contributed by atoms with van der Waals surface area (Å²) in [5.74, 6) is 0.537. The highest BCUT2D eigenvalue weighted by atomic mass is 16.1. The zero-order valence-corrected chi connectivity index (χ0v) is 12.6. The number of aryl methyl sites for hydroxylation is 1. The highest BCUT2D eigenvalue weighted by molar-refractivity contribution is 6.03. The van der Waals surface area contributed by atoms with Gasteiger partial charge in [0.05, 0.1) is 0 Å². The van der Waals surface area contributed by atoms with Crippen molar-refractivity contribution in [2.24, 2.45) is 0 Å². The first-order chi connectivity index (χ1) is 10.2. The molecule has 21 heavy (non-hydrogen) atoms. The molecule has 110 valence electrons. The molecule has 0 saturated carbocycles. The first-order valence-electron chi connectivity index (χ1n) is 7.11. The second kappa shape index (κ2) is 6.83. The summed E-state index contributed by atoms with van der Waals surface area (Å²) in [7, 11) is 0. The van der Waals surface area contributed by atoms with E-state index in [-0.39, 0.29) is 5.91 Å². The molecule has 1 aromatic heterocycles. The molecule has 2 aromatic rings. The van der Waals surface area contributed by atoms with Gasteiger partial charge in [-0.2, -0.15) is 0 Å². The zero-order valence-electron chi connectivity index (χ0n) is 12.6. The molecule has 0 aliphatic carbocycles. The molecular formula is C16H20N4O. The SMILES string of the molecule is CCN(CC)c1ccc(C(=O)Nc2ccccc2C)nn1. The van der Waals surface area contributed by atoms with Crippen LogP contribution in [0.25, 0.3) is 0 Å². The lowest BCUT2D eigenvalue weighted by Gasteiger charge is -2.18. The normalized spacial score (nSPS) is 10.2. The van der Waals surface area contributed by atoms with Crippen LogP contribution in [0.4, 0.5) is 11.5 Å². The van der Waals surface area contributed by atoms with Crippen LogP contribution < -0.4 is 10.2 Å². The lowest BCUT2D eigenvalue weighted by atomic mass is 10.2. The van der Waals surface area contributed by atoms with Gasteiger partial charge in [-0.15, -0.1) is 10.2 Å². The third-order valence-electron chi connectivity index (χ3n) is 3.36. The average molecular weight is 284 g/mol. The van der Waals surface area contributed by atoms with Crippen molar-refractivity contribution in [3.63, 3.8) is 0 Å². The Bertz CT molecular complexity index is 606. The first kappa shape index (κ1) is 15.0. The highest BCUT2D eigenvalue weighted by Crippen LogP contribution is 2.15. The monoisotopic (exact) mass is 284 g/mol. The number of hydrogen-bond donors (Lipinski definition) is 1. The number of anilines is 2. The molecule has 0 spiro atoms. The maximum atomic E-state index is 12.2. The molecule has 0 fully saturated rings. The van der Waals surface area contributed by atoms with Gasteiger partial charge in [0, 0.05) is 18.8 Å². The summed E-state index contributed by atoms with van der Waals surface area (Å²) in [5, 5.41) is 11.0. The minimum absolute atomic E-state index is 0.247. The average Bonchev–Trinajstić information content (AvgIpc) is 2.51. The fraction of sp³-hybridized carbons (Fsp3) is 0.312. The van der Waals surface area contributed by atoms with Gasteiger partial charge in [0.2, 0.25) is 0 Å². The van der Waals surface area contributed by atoms with E-state index in [1.807, 2.05) is 37.3 Å². The molecule has 0 aliphatic rings. The van der Waals surface area contributed by atoms with Crippen molar-refractivity contribution in [2.75, 3.05) is 23.3 Å². The summed E-state index contributed by atoms with van der Waals surface area (Å²) in [6.45, 7) is 7.79. The minimum atomic E-state index is -0.247. The molecule has 0 aliphatic heterocycles. The van der Waals surface area contributed by atoms with Gasteiger partial charge in [-0.25, -0.2) is 0 Å². The van der Waals surface area contributed by atoms with Crippen LogP contribution >= 0.6 is 0 Å². The van der Waals surface area contributed by atoms with Gasteiger partial charge in [-0.1, -0.05) is 18.2 Å². The third kappa shape index (κ3) is 3.56. The van der Waals surface area contributed by atoms with E-state index < -0.39 is 0 Å². The molecule has 2 rings (SSSR count). The number of aromatic nitrogens is 2. The lowest BCUT2D eigenvalue weighted by molar-refractivity contribution is 0.102. The van der Waals surface area contributed by atoms with E-state index in [1.54, 1.807) is 6.07 Å². The largest absolute Gasteiger partial charge is 0.356 e. The summed E-state index contributed by atoms with van der Waals surface area (Å²) >= 11 is 0. The van der Waals surface area contributed by atoms with E-state index in [9.17, 15) is 4.79 Å². The fourth-order valence-electron chi connectivity index (χ4n) is 2.06. The minimum Gasteiger partial charge on any atom is -0.356 e. The van der Waals surface area contributed by atoms with Crippen LogP contribution in [-0.4, -0.2) is 29.2 Å². The van der Waals surface area contributed by atoms with E-state index in [2.05, 4.69) is 34.3 Å². The first-order valence-corrected chi connectivity index (χ1v) is 7.11. The van der Waals surface area contributed by atoms with Gasteiger partial charge in [0.1, 0.15) is 0 Å². The number of amides is 1. The standard InChI is InChI=1S/C16H20N4O/c1-4-20(5-2)15-11-10-14(18-19-15)16(21)17-13-9-7-6-8-12(13)3/h6-11H,4-5H2,1-3H3,(H,17,21). The molecule has 0 atom stereocenters. The van der Waals surface area contributed by atoms with Crippen LogP contribution in [0.3, 0.4) is 0 Å². The molecule has 1 aromatic carbocycles. The zero-order chi connectivity index (χ0) is 15.2. The number of benzene rings is 1. The topological polar surface area (TPSA) is 58.1 Å². The van der Waals surface area contributed by atoms with Crippen molar-refractivity contribution in [3.05, 3.63) is 47.7 Å². The van der Waals surface area contributed by atoms with Gasteiger partial charge in [-0.3, -0.25) is 4.79 Å². The van der Waals surface area contributed by atoms with Gasteiger partial charge in [-0.05, 0) is 44.5 Å². The quantitative estimate of drug-likeness (QED) is 0.917. The third-order valence-corrected chi connectivity index (χ3v) is 3.36. The Kier molecular flexibility index (Phi) is 4.87. The van der Waals surface area contributed by atoms with Crippen molar-refractivity contribution >= 4 is 17.4 Å².